The SMILES string of the molecule is [CH2]S(=O)(=O)Cc1nc(-c2ccccc2)cs1. The van der Waals surface area contributed by atoms with Gasteiger partial charge in [0.1, 0.15) is 10.8 Å². The molecule has 0 aliphatic heterocycles. The monoisotopic (exact) mass is 252 g/mol. The van der Waals surface area contributed by atoms with Crippen LogP contribution in [0.25, 0.3) is 11.3 Å². The van der Waals surface area contributed by atoms with Crippen LogP contribution in [0.1, 0.15) is 5.01 Å². The minimum absolute atomic E-state index is 0.0928. The summed E-state index contributed by atoms with van der Waals surface area (Å²) >= 11 is 1.34. The third-order valence-corrected chi connectivity index (χ3v) is 3.71. The Morgan fingerprint density at radius 2 is 1.94 bits per heavy atom. The summed E-state index contributed by atoms with van der Waals surface area (Å²) in [6.07, 6.45) is 3.09. The Labute approximate surface area is 98.7 Å². The molecule has 0 spiro atoms. The normalized spacial score (nSPS) is 11.6. The Kier molecular flexibility index (Phi) is 3.07. The molecule has 0 bridgehead atoms. The maximum absolute atomic E-state index is 11.0. The molecule has 3 nitrogen and oxygen atoms in total. The van der Waals surface area contributed by atoms with Crippen LogP contribution in [-0.2, 0) is 15.6 Å². The molecule has 0 amide bonds. The third kappa shape index (κ3) is 2.90. The molecule has 16 heavy (non-hydrogen) atoms. The summed E-state index contributed by atoms with van der Waals surface area (Å²) in [7, 11) is -3.25. The van der Waals surface area contributed by atoms with Crippen molar-refractivity contribution in [2.45, 2.75) is 5.75 Å². The summed E-state index contributed by atoms with van der Waals surface area (Å²) in [5.74, 6) is -0.0928. The second-order valence-corrected chi connectivity index (χ2v) is 6.10. The van der Waals surface area contributed by atoms with Crippen molar-refractivity contribution in [1.82, 2.24) is 4.98 Å². The highest BCUT2D eigenvalue weighted by Crippen LogP contribution is 2.22. The number of thiazole rings is 1. The van der Waals surface area contributed by atoms with E-state index in [0.29, 0.717) is 5.01 Å². The maximum Gasteiger partial charge on any atom is 0.157 e. The molecule has 1 heterocycles. The topological polar surface area (TPSA) is 47.0 Å². The van der Waals surface area contributed by atoms with Gasteiger partial charge >= 0.3 is 0 Å². The van der Waals surface area contributed by atoms with E-state index in [1.54, 1.807) is 0 Å². The van der Waals surface area contributed by atoms with Gasteiger partial charge in [-0.1, -0.05) is 30.3 Å². The molecule has 0 aliphatic carbocycles. The van der Waals surface area contributed by atoms with Gasteiger partial charge in [0.25, 0.3) is 0 Å². The van der Waals surface area contributed by atoms with Crippen molar-refractivity contribution in [2.24, 2.45) is 0 Å². The van der Waals surface area contributed by atoms with Crippen LogP contribution in [0.15, 0.2) is 35.7 Å². The van der Waals surface area contributed by atoms with Gasteiger partial charge in [-0.25, -0.2) is 13.4 Å². The molecule has 0 N–H and O–H groups in total. The van der Waals surface area contributed by atoms with E-state index in [1.807, 2.05) is 35.7 Å². The van der Waals surface area contributed by atoms with Crippen molar-refractivity contribution in [1.29, 1.82) is 0 Å². The summed E-state index contributed by atoms with van der Waals surface area (Å²) in [4.78, 5) is 4.27. The van der Waals surface area contributed by atoms with E-state index >= 15 is 0 Å². The third-order valence-electron chi connectivity index (χ3n) is 1.96. The summed E-state index contributed by atoms with van der Waals surface area (Å²) in [6.45, 7) is 0. The number of rotatable bonds is 3. The highest BCUT2D eigenvalue weighted by Gasteiger charge is 2.09. The molecule has 0 saturated heterocycles. The molecule has 83 valence electrons. The average Bonchev–Trinajstić information content (AvgIpc) is 2.65. The molecule has 2 rings (SSSR count). The highest BCUT2D eigenvalue weighted by molar-refractivity contribution is 7.91. The largest absolute Gasteiger partial charge is 0.240 e. The van der Waals surface area contributed by atoms with Crippen LogP contribution >= 0.6 is 11.3 Å². The lowest BCUT2D eigenvalue weighted by molar-refractivity contribution is 0.603. The van der Waals surface area contributed by atoms with Gasteiger partial charge in [0.05, 0.1) is 11.9 Å². The first-order chi connectivity index (χ1) is 7.54. The summed E-state index contributed by atoms with van der Waals surface area (Å²) in [6, 6.07) is 9.66. The van der Waals surface area contributed by atoms with Crippen LogP contribution in [0.3, 0.4) is 0 Å². The number of hydrogen-bond acceptors (Lipinski definition) is 4. The van der Waals surface area contributed by atoms with Gasteiger partial charge in [-0.15, -0.1) is 11.3 Å². The number of sulfone groups is 1. The molecule has 1 aromatic carbocycles. The number of nitrogens with zero attached hydrogens (tertiary/aromatic N) is 1. The molecular formula is C11H10NO2S2. The first-order valence-electron chi connectivity index (χ1n) is 4.60. The molecule has 2 aromatic rings. The molecule has 0 saturated carbocycles. The van der Waals surface area contributed by atoms with Crippen LogP contribution in [0, 0.1) is 6.26 Å². The standard InChI is InChI=1S/C11H10NO2S2/c1-16(13,14)8-11-12-10(7-15-11)9-5-3-2-4-6-9/h2-7H,1,8H2. The predicted molar refractivity (Wildman–Crippen MR) is 65.5 cm³/mol. The van der Waals surface area contributed by atoms with Crippen LogP contribution in [0.5, 0.6) is 0 Å². The van der Waals surface area contributed by atoms with Gasteiger partial charge in [0, 0.05) is 10.9 Å². The maximum atomic E-state index is 11.0. The van der Waals surface area contributed by atoms with Crippen LogP contribution < -0.4 is 0 Å². The van der Waals surface area contributed by atoms with Crippen molar-refractivity contribution in [2.75, 3.05) is 0 Å². The molecule has 0 aliphatic rings. The van der Waals surface area contributed by atoms with Crippen molar-refractivity contribution in [3.8, 4) is 11.3 Å². The molecular weight excluding hydrogens is 242 g/mol. The van der Waals surface area contributed by atoms with Crippen LogP contribution in [0.2, 0.25) is 0 Å². The molecule has 5 heteroatoms. The van der Waals surface area contributed by atoms with E-state index in [0.717, 1.165) is 11.3 Å². The first kappa shape index (κ1) is 11.3. The minimum Gasteiger partial charge on any atom is -0.240 e. The average molecular weight is 252 g/mol. The second kappa shape index (κ2) is 4.35. The van der Waals surface area contributed by atoms with Crippen molar-refractivity contribution in [3.05, 3.63) is 47.0 Å². The Hall–Kier alpha value is -1.20. The second-order valence-electron chi connectivity index (χ2n) is 3.38. The van der Waals surface area contributed by atoms with E-state index in [9.17, 15) is 8.42 Å². The molecule has 1 radical (unpaired) electrons. The van der Waals surface area contributed by atoms with E-state index in [2.05, 4.69) is 11.2 Å². The zero-order valence-corrected chi connectivity index (χ0v) is 10.1. The summed E-state index contributed by atoms with van der Waals surface area (Å²) < 4.78 is 22.0. The van der Waals surface area contributed by atoms with Crippen LogP contribution in [-0.4, -0.2) is 13.4 Å². The molecule has 0 atom stereocenters. The quantitative estimate of drug-likeness (QED) is 0.843. The first-order valence-corrected chi connectivity index (χ1v) is 7.30. The lowest BCUT2D eigenvalue weighted by Crippen LogP contribution is -1.97. The fraction of sp³-hybridized carbons (Fsp3) is 0.0909. The number of benzene rings is 1. The Morgan fingerprint density at radius 1 is 1.25 bits per heavy atom. The Balaban J connectivity index is 2.27. The molecule has 0 fully saturated rings. The zero-order chi connectivity index (χ0) is 11.6. The number of aromatic nitrogens is 1. The lowest BCUT2D eigenvalue weighted by Gasteiger charge is -1.94. The molecule has 1 aromatic heterocycles. The van der Waals surface area contributed by atoms with Gasteiger partial charge < -0.3 is 0 Å². The zero-order valence-electron chi connectivity index (χ0n) is 8.46. The highest BCUT2D eigenvalue weighted by atomic mass is 32.2. The fourth-order valence-electron chi connectivity index (χ4n) is 1.31. The van der Waals surface area contributed by atoms with Gasteiger partial charge in [0.2, 0.25) is 0 Å². The smallest absolute Gasteiger partial charge is 0.157 e. The van der Waals surface area contributed by atoms with Crippen molar-refractivity contribution < 1.29 is 8.42 Å². The van der Waals surface area contributed by atoms with E-state index in [4.69, 9.17) is 0 Å². The predicted octanol–water partition coefficient (Wildman–Crippen LogP) is 2.52. The van der Waals surface area contributed by atoms with E-state index < -0.39 is 9.84 Å². The van der Waals surface area contributed by atoms with Gasteiger partial charge in [-0.2, -0.15) is 0 Å². The van der Waals surface area contributed by atoms with Crippen LogP contribution in [0.4, 0.5) is 0 Å². The molecule has 0 unspecified atom stereocenters. The van der Waals surface area contributed by atoms with E-state index in [-0.39, 0.29) is 5.75 Å². The van der Waals surface area contributed by atoms with Gasteiger partial charge in [0.15, 0.2) is 9.84 Å². The lowest BCUT2D eigenvalue weighted by atomic mass is 10.2. The van der Waals surface area contributed by atoms with E-state index in [1.165, 1.54) is 11.3 Å². The van der Waals surface area contributed by atoms with Gasteiger partial charge in [-0.05, 0) is 0 Å². The van der Waals surface area contributed by atoms with Crippen molar-refractivity contribution in [3.63, 3.8) is 0 Å². The summed E-state index contributed by atoms with van der Waals surface area (Å²) in [5.41, 5.74) is 1.80. The Bertz CT molecular complexity index is 573. The van der Waals surface area contributed by atoms with Gasteiger partial charge in [-0.3, -0.25) is 0 Å². The Morgan fingerprint density at radius 3 is 2.56 bits per heavy atom. The van der Waals surface area contributed by atoms with Crippen molar-refractivity contribution >= 4 is 21.2 Å². The fourth-order valence-corrected chi connectivity index (χ4v) is 3.15. The number of hydrogen-bond donors (Lipinski definition) is 0. The summed E-state index contributed by atoms with van der Waals surface area (Å²) in [5, 5.41) is 2.43. The minimum atomic E-state index is -3.25.